The summed E-state index contributed by atoms with van der Waals surface area (Å²) in [4.78, 5) is 17.8. The van der Waals surface area contributed by atoms with E-state index in [-0.39, 0.29) is 11.5 Å². The van der Waals surface area contributed by atoms with Crippen molar-refractivity contribution in [1.82, 2.24) is 0 Å². The van der Waals surface area contributed by atoms with Gasteiger partial charge in [0.1, 0.15) is 16.9 Å². The van der Waals surface area contributed by atoms with Crippen LogP contribution in [-0.4, -0.2) is 13.0 Å². The van der Waals surface area contributed by atoms with Gasteiger partial charge in [-0.25, -0.2) is 4.99 Å². The number of hydrogen-bond donors (Lipinski definition) is 1. The van der Waals surface area contributed by atoms with Gasteiger partial charge in [-0.15, -0.1) is 0 Å². The Morgan fingerprint density at radius 2 is 1.80 bits per heavy atom. The van der Waals surface area contributed by atoms with Crippen LogP contribution in [0.4, 0.5) is 11.4 Å². The predicted molar refractivity (Wildman–Crippen MR) is 118 cm³/mol. The summed E-state index contributed by atoms with van der Waals surface area (Å²) in [6.07, 6.45) is 0. The summed E-state index contributed by atoms with van der Waals surface area (Å²) in [7, 11) is 1.60. The van der Waals surface area contributed by atoms with Crippen molar-refractivity contribution < 1.29 is 13.9 Å². The zero-order valence-electron chi connectivity index (χ0n) is 17.1. The molecule has 0 aliphatic carbocycles. The van der Waals surface area contributed by atoms with Gasteiger partial charge in [0.2, 0.25) is 5.55 Å². The molecule has 1 aromatic heterocycles. The van der Waals surface area contributed by atoms with Crippen molar-refractivity contribution in [2.75, 3.05) is 12.4 Å². The van der Waals surface area contributed by atoms with Crippen molar-refractivity contribution in [2.24, 2.45) is 4.99 Å². The van der Waals surface area contributed by atoms with Gasteiger partial charge < -0.3 is 14.5 Å². The molecule has 0 aliphatic rings. The van der Waals surface area contributed by atoms with Crippen molar-refractivity contribution >= 4 is 28.3 Å². The largest absolute Gasteiger partial charge is 0.497 e. The number of ether oxygens (including phenoxy) is 1. The van der Waals surface area contributed by atoms with Gasteiger partial charge >= 0.3 is 0 Å². The minimum atomic E-state index is -0.280. The van der Waals surface area contributed by atoms with Crippen LogP contribution in [0.5, 0.6) is 5.75 Å². The number of carbonyl (C=O) groups excluding carboxylic acids is 1. The fraction of sp³-hybridized carbons (Fsp3) is 0.120. The molecule has 0 atom stereocenters. The summed E-state index contributed by atoms with van der Waals surface area (Å²) >= 11 is 0. The quantitative estimate of drug-likeness (QED) is 0.491. The van der Waals surface area contributed by atoms with Crippen LogP contribution in [0.25, 0.3) is 11.0 Å². The Bertz CT molecular complexity index is 1310. The molecule has 5 nitrogen and oxygen atoms in total. The molecule has 1 heterocycles. The normalized spacial score (nSPS) is 11.5. The third-order valence-corrected chi connectivity index (χ3v) is 4.81. The maximum atomic E-state index is 13.2. The molecule has 0 unspecified atom stereocenters. The van der Waals surface area contributed by atoms with E-state index in [1.54, 1.807) is 19.2 Å². The zero-order valence-corrected chi connectivity index (χ0v) is 17.1. The van der Waals surface area contributed by atoms with Gasteiger partial charge in [0.25, 0.3) is 5.91 Å². The van der Waals surface area contributed by atoms with E-state index in [9.17, 15) is 4.79 Å². The summed E-state index contributed by atoms with van der Waals surface area (Å²) in [5, 5.41) is 3.81. The molecule has 4 aromatic rings. The number of rotatable bonds is 4. The average Bonchev–Trinajstić information content (AvgIpc) is 2.75. The number of para-hydroxylation sites is 1. The van der Waals surface area contributed by atoms with Crippen molar-refractivity contribution in [3.63, 3.8) is 0 Å². The van der Waals surface area contributed by atoms with Gasteiger partial charge in [-0.2, -0.15) is 0 Å². The van der Waals surface area contributed by atoms with Crippen molar-refractivity contribution in [3.8, 4) is 5.75 Å². The lowest BCUT2D eigenvalue weighted by Gasteiger charge is -2.10. The Morgan fingerprint density at radius 1 is 0.967 bits per heavy atom. The summed E-state index contributed by atoms with van der Waals surface area (Å²) < 4.78 is 11.3. The molecule has 0 saturated carbocycles. The van der Waals surface area contributed by atoms with Crippen LogP contribution in [0.2, 0.25) is 0 Å². The fourth-order valence-corrected chi connectivity index (χ4v) is 3.26. The highest BCUT2D eigenvalue weighted by Crippen LogP contribution is 2.21. The van der Waals surface area contributed by atoms with E-state index in [1.807, 2.05) is 74.5 Å². The van der Waals surface area contributed by atoms with Crippen LogP contribution < -0.4 is 15.6 Å². The van der Waals surface area contributed by atoms with Crippen molar-refractivity contribution in [3.05, 3.63) is 95.0 Å². The van der Waals surface area contributed by atoms with E-state index in [2.05, 4.69) is 10.3 Å². The number of fused-ring (bicyclic) bond motifs is 1. The fourth-order valence-electron chi connectivity index (χ4n) is 3.26. The second-order valence-corrected chi connectivity index (χ2v) is 7.09. The molecule has 0 fully saturated rings. The number of hydrogen-bond acceptors (Lipinski definition) is 4. The molecule has 1 N–H and O–H groups in total. The van der Waals surface area contributed by atoms with Crippen LogP contribution in [0.15, 0.2) is 82.2 Å². The number of nitrogens with zero attached hydrogens (tertiary/aromatic N) is 1. The predicted octanol–water partition coefficient (Wildman–Crippen LogP) is 5.54. The standard InChI is InChI=1S/C25H22N2O3/c1-16-11-12-22(17(2)13-16)27-24(28)21-14-18-7-4-5-10-23(18)30-25(21)26-19-8-6-9-20(15-19)29-3/h4-15H,1-3H3,(H,27,28). The molecular weight excluding hydrogens is 376 g/mol. The molecule has 5 heteroatoms. The van der Waals surface area contributed by atoms with Crippen LogP contribution in [0.1, 0.15) is 21.5 Å². The number of amides is 1. The SMILES string of the molecule is COc1cccc(N=c2oc3ccccc3cc2C(=O)Nc2ccc(C)cc2C)c1. The van der Waals surface area contributed by atoms with E-state index in [0.29, 0.717) is 22.6 Å². The lowest BCUT2D eigenvalue weighted by molar-refractivity contribution is 0.102. The van der Waals surface area contributed by atoms with Crippen LogP contribution in [0, 0.1) is 13.8 Å². The number of anilines is 1. The third-order valence-electron chi connectivity index (χ3n) is 4.81. The highest BCUT2D eigenvalue weighted by Gasteiger charge is 2.14. The molecule has 1 amide bonds. The summed E-state index contributed by atoms with van der Waals surface area (Å²) in [6.45, 7) is 3.99. The smallest absolute Gasteiger partial charge is 0.261 e. The second-order valence-electron chi connectivity index (χ2n) is 7.09. The minimum absolute atomic E-state index is 0.240. The number of aryl methyl sites for hydroxylation is 2. The number of nitrogens with one attached hydrogen (secondary N) is 1. The summed E-state index contributed by atoms with van der Waals surface area (Å²) in [5.74, 6) is 0.399. The van der Waals surface area contributed by atoms with Gasteiger partial charge in [0.15, 0.2) is 0 Å². The zero-order chi connectivity index (χ0) is 21.1. The molecule has 0 aliphatic heterocycles. The lowest BCUT2D eigenvalue weighted by Crippen LogP contribution is -2.22. The Morgan fingerprint density at radius 3 is 2.60 bits per heavy atom. The first-order chi connectivity index (χ1) is 14.5. The van der Waals surface area contributed by atoms with E-state index < -0.39 is 0 Å². The Labute approximate surface area is 174 Å². The first-order valence-corrected chi connectivity index (χ1v) is 9.64. The Hall–Kier alpha value is -3.86. The monoisotopic (exact) mass is 398 g/mol. The Kier molecular flexibility index (Phi) is 5.35. The molecule has 4 rings (SSSR count). The number of benzene rings is 3. The van der Waals surface area contributed by atoms with Gasteiger partial charge in [-0.3, -0.25) is 4.79 Å². The maximum absolute atomic E-state index is 13.2. The van der Waals surface area contributed by atoms with E-state index in [4.69, 9.17) is 9.15 Å². The first kappa shape index (κ1) is 19.5. The molecule has 30 heavy (non-hydrogen) atoms. The number of carbonyl (C=O) groups is 1. The van der Waals surface area contributed by atoms with Crippen molar-refractivity contribution in [1.29, 1.82) is 0 Å². The average molecular weight is 398 g/mol. The van der Waals surface area contributed by atoms with E-state index in [0.717, 1.165) is 22.2 Å². The van der Waals surface area contributed by atoms with Crippen LogP contribution in [-0.2, 0) is 0 Å². The van der Waals surface area contributed by atoms with E-state index >= 15 is 0 Å². The highest BCUT2D eigenvalue weighted by atomic mass is 16.5. The summed E-state index contributed by atoms with van der Waals surface area (Å²) in [5.41, 5.74) is 4.77. The third kappa shape index (κ3) is 4.10. The Balaban J connectivity index is 1.83. The first-order valence-electron chi connectivity index (χ1n) is 9.64. The molecule has 150 valence electrons. The van der Waals surface area contributed by atoms with Gasteiger partial charge in [-0.05, 0) is 49.7 Å². The highest BCUT2D eigenvalue weighted by molar-refractivity contribution is 6.05. The molecule has 3 aromatic carbocycles. The minimum Gasteiger partial charge on any atom is -0.497 e. The summed E-state index contributed by atoms with van der Waals surface area (Å²) in [6, 6.07) is 22.5. The molecule has 0 saturated heterocycles. The van der Waals surface area contributed by atoms with Crippen LogP contribution in [0.3, 0.4) is 0 Å². The van der Waals surface area contributed by atoms with Gasteiger partial charge in [0, 0.05) is 17.1 Å². The second kappa shape index (κ2) is 8.25. The van der Waals surface area contributed by atoms with Gasteiger partial charge in [-0.1, -0.05) is 42.0 Å². The molecule has 0 radical (unpaired) electrons. The molecular formula is C25H22N2O3. The van der Waals surface area contributed by atoms with E-state index in [1.165, 1.54) is 0 Å². The lowest BCUT2D eigenvalue weighted by atomic mass is 10.1. The van der Waals surface area contributed by atoms with Crippen LogP contribution >= 0.6 is 0 Å². The number of methoxy groups -OCH3 is 1. The molecule has 0 spiro atoms. The molecule has 0 bridgehead atoms. The van der Waals surface area contributed by atoms with Gasteiger partial charge in [0.05, 0.1) is 12.8 Å². The maximum Gasteiger partial charge on any atom is 0.261 e. The topological polar surface area (TPSA) is 63.8 Å². The van der Waals surface area contributed by atoms with Crippen molar-refractivity contribution in [2.45, 2.75) is 13.8 Å².